The number of hydrogen-bond acceptors (Lipinski definition) is 3. The molecule has 0 radical (unpaired) electrons. The average molecular weight is 295 g/mol. The molecule has 1 heterocycles. The van der Waals surface area contributed by atoms with E-state index < -0.39 is 6.04 Å². The summed E-state index contributed by atoms with van der Waals surface area (Å²) in [5.74, 6) is -0.138. The summed E-state index contributed by atoms with van der Waals surface area (Å²) in [4.78, 5) is 11.3. The van der Waals surface area contributed by atoms with Gasteiger partial charge in [0.1, 0.15) is 0 Å². The quantitative estimate of drug-likeness (QED) is 0.873. The van der Waals surface area contributed by atoms with E-state index in [1.54, 1.807) is 13.1 Å². The maximum atomic E-state index is 11.3. The number of carbonyl (C=O) groups is 1. The molecule has 1 aromatic heterocycles. The van der Waals surface area contributed by atoms with Crippen LogP contribution in [0.15, 0.2) is 42.7 Å². The zero-order chi connectivity index (χ0) is 13.7. The van der Waals surface area contributed by atoms with Gasteiger partial charge in [-0.25, -0.2) is 0 Å². The van der Waals surface area contributed by atoms with E-state index in [1.807, 2.05) is 41.2 Å². The highest BCUT2D eigenvalue weighted by molar-refractivity contribution is 5.85. The lowest BCUT2D eigenvalue weighted by Gasteiger charge is -2.08. The van der Waals surface area contributed by atoms with Crippen LogP contribution in [0.5, 0.6) is 0 Å². The molecule has 0 fully saturated rings. The van der Waals surface area contributed by atoms with Crippen LogP contribution < -0.4 is 11.1 Å². The van der Waals surface area contributed by atoms with E-state index in [0.29, 0.717) is 6.54 Å². The van der Waals surface area contributed by atoms with Crippen molar-refractivity contribution in [2.75, 3.05) is 0 Å². The van der Waals surface area contributed by atoms with Gasteiger partial charge in [-0.1, -0.05) is 24.3 Å². The first-order chi connectivity index (χ1) is 9.15. The smallest absolute Gasteiger partial charge is 0.236 e. The molecule has 108 valence electrons. The minimum Gasteiger partial charge on any atom is -0.351 e. The third-order valence-electron chi connectivity index (χ3n) is 2.81. The SMILES string of the molecule is C[C@@H](N)C(=O)NCc1ccc(Cn2cccn2)cc1.Cl. The van der Waals surface area contributed by atoms with Crippen LogP contribution in [0.3, 0.4) is 0 Å². The van der Waals surface area contributed by atoms with Crippen LogP contribution in [0.1, 0.15) is 18.1 Å². The standard InChI is InChI=1S/C14H18N4O.ClH/c1-11(15)14(19)16-9-12-3-5-13(6-4-12)10-18-8-2-7-17-18;/h2-8,11H,9-10,15H2,1H3,(H,16,19);1H/t11-;/m1./s1. The third kappa shape index (κ3) is 4.68. The number of hydrogen-bond donors (Lipinski definition) is 2. The fraction of sp³-hybridized carbons (Fsp3) is 0.286. The lowest BCUT2D eigenvalue weighted by molar-refractivity contribution is -0.122. The number of carbonyl (C=O) groups excluding carboxylic acids is 1. The Bertz CT molecular complexity index is 523. The van der Waals surface area contributed by atoms with Crippen LogP contribution in [0.25, 0.3) is 0 Å². The summed E-state index contributed by atoms with van der Waals surface area (Å²) in [6, 6.07) is 9.50. The number of amides is 1. The molecule has 0 unspecified atom stereocenters. The minimum atomic E-state index is -0.473. The fourth-order valence-corrected chi connectivity index (χ4v) is 1.69. The number of aromatic nitrogens is 2. The Morgan fingerprint density at radius 2 is 2.00 bits per heavy atom. The van der Waals surface area contributed by atoms with Crippen LogP contribution in [0, 0.1) is 0 Å². The molecule has 1 aromatic carbocycles. The Kier molecular flexibility index (Phi) is 6.21. The molecule has 0 aliphatic carbocycles. The van der Waals surface area contributed by atoms with E-state index >= 15 is 0 Å². The molecule has 0 saturated heterocycles. The molecular weight excluding hydrogens is 276 g/mol. The summed E-state index contributed by atoms with van der Waals surface area (Å²) in [5.41, 5.74) is 7.70. The molecule has 6 heteroatoms. The molecule has 20 heavy (non-hydrogen) atoms. The van der Waals surface area contributed by atoms with Crippen LogP contribution in [0.2, 0.25) is 0 Å². The van der Waals surface area contributed by atoms with Gasteiger partial charge in [-0.3, -0.25) is 9.48 Å². The van der Waals surface area contributed by atoms with Crippen molar-refractivity contribution in [3.63, 3.8) is 0 Å². The van der Waals surface area contributed by atoms with Crippen molar-refractivity contribution in [1.82, 2.24) is 15.1 Å². The van der Waals surface area contributed by atoms with Crippen LogP contribution >= 0.6 is 12.4 Å². The van der Waals surface area contributed by atoms with Crippen molar-refractivity contribution >= 4 is 18.3 Å². The normalized spacial score (nSPS) is 11.5. The van der Waals surface area contributed by atoms with Gasteiger partial charge in [0.15, 0.2) is 0 Å². The summed E-state index contributed by atoms with van der Waals surface area (Å²) >= 11 is 0. The Hall–Kier alpha value is -1.85. The molecule has 1 amide bonds. The van der Waals surface area contributed by atoms with Crippen molar-refractivity contribution in [3.8, 4) is 0 Å². The maximum absolute atomic E-state index is 11.3. The van der Waals surface area contributed by atoms with Crippen LogP contribution in [-0.2, 0) is 17.9 Å². The van der Waals surface area contributed by atoms with E-state index in [4.69, 9.17) is 5.73 Å². The van der Waals surface area contributed by atoms with Crippen molar-refractivity contribution in [2.45, 2.75) is 26.1 Å². The number of nitrogens with zero attached hydrogens (tertiary/aromatic N) is 2. The van der Waals surface area contributed by atoms with Gasteiger partial charge in [0.05, 0.1) is 12.6 Å². The molecule has 0 aliphatic heterocycles. The lowest BCUT2D eigenvalue weighted by Crippen LogP contribution is -2.37. The Labute approximate surface area is 124 Å². The zero-order valence-electron chi connectivity index (χ0n) is 11.3. The Morgan fingerprint density at radius 1 is 1.35 bits per heavy atom. The zero-order valence-corrected chi connectivity index (χ0v) is 12.1. The predicted molar refractivity (Wildman–Crippen MR) is 80.5 cm³/mol. The molecule has 0 aliphatic rings. The molecule has 5 nitrogen and oxygen atoms in total. The van der Waals surface area contributed by atoms with Gasteiger partial charge < -0.3 is 11.1 Å². The second-order valence-corrected chi connectivity index (χ2v) is 4.53. The number of benzene rings is 1. The third-order valence-corrected chi connectivity index (χ3v) is 2.81. The number of rotatable bonds is 5. The maximum Gasteiger partial charge on any atom is 0.236 e. The van der Waals surface area contributed by atoms with E-state index in [1.165, 1.54) is 5.56 Å². The molecule has 0 spiro atoms. The largest absolute Gasteiger partial charge is 0.351 e. The number of nitrogens with two attached hydrogens (primary N) is 1. The van der Waals surface area contributed by atoms with Crippen molar-refractivity contribution < 1.29 is 4.79 Å². The van der Waals surface area contributed by atoms with E-state index in [9.17, 15) is 4.79 Å². The summed E-state index contributed by atoms with van der Waals surface area (Å²) < 4.78 is 1.87. The fourth-order valence-electron chi connectivity index (χ4n) is 1.69. The summed E-state index contributed by atoms with van der Waals surface area (Å²) in [6.45, 7) is 2.92. The van der Waals surface area contributed by atoms with E-state index in [-0.39, 0.29) is 18.3 Å². The van der Waals surface area contributed by atoms with Crippen molar-refractivity contribution in [3.05, 3.63) is 53.9 Å². The van der Waals surface area contributed by atoms with Crippen molar-refractivity contribution in [1.29, 1.82) is 0 Å². The molecule has 2 rings (SSSR count). The molecule has 2 aromatic rings. The highest BCUT2D eigenvalue weighted by Gasteiger charge is 2.06. The molecule has 0 saturated carbocycles. The topological polar surface area (TPSA) is 72.9 Å². The van der Waals surface area contributed by atoms with E-state index in [2.05, 4.69) is 10.4 Å². The lowest BCUT2D eigenvalue weighted by atomic mass is 10.1. The predicted octanol–water partition coefficient (Wildman–Crippen LogP) is 1.32. The summed E-state index contributed by atoms with van der Waals surface area (Å²) in [7, 11) is 0. The highest BCUT2D eigenvalue weighted by atomic mass is 35.5. The molecule has 1 atom stereocenters. The number of nitrogens with one attached hydrogen (secondary N) is 1. The van der Waals surface area contributed by atoms with Gasteiger partial charge in [-0.15, -0.1) is 12.4 Å². The highest BCUT2D eigenvalue weighted by Crippen LogP contribution is 2.06. The first-order valence-corrected chi connectivity index (χ1v) is 6.23. The number of halogens is 1. The van der Waals surface area contributed by atoms with Gasteiger partial charge in [0, 0.05) is 18.9 Å². The summed E-state index contributed by atoms with van der Waals surface area (Å²) in [5, 5.41) is 6.94. The summed E-state index contributed by atoms with van der Waals surface area (Å²) in [6.07, 6.45) is 3.69. The van der Waals surface area contributed by atoms with Crippen LogP contribution in [0.4, 0.5) is 0 Å². The van der Waals surface area contributed by atoms with E-state index in [0.717, 1.165) is 12.1 Å². The second-order valence-electron chi connectivity index (χ2n) is 4.53. The first-order valence-electron chi connectivity index (χ1n) is 6.23. The van der Waals surface area contributed by atoms with Gasteiger partial charge in [0.2, 0.25) is 5.91 Å². The van der Waals surface area contributed by atoms with Crippen LogP contribution in [-0.4, -0.2) is 21.7 Å². The van der Waals surface area contributed by atoms with Gasteiger partial charge in [0.25, 0.3) is 0 Å². The average Bonchev–Trinajstić information content (AvgIpc) is 2.90. The van der Waals surface area contributed by atoms with Gasteiger partial charge in [-0.05, 0) is 24.1 Å². The monoisotopic (exact) mass is 294 g/mol. The van der Waals surface area contributed by atoms with Gasteiger partial charge in [-0.2, -0.15) is 5.10 Å². The Balaban J connectivity index is 0.00000200. The Morgan fingerprint density at radius 3 is 2.55 bits per heavy atom. The second kappa shape index (κ2) is 7.67. The first kappa shape index (κ1) is 16.2. The van der Waals surface area contributed by atoms with Gasteiger partial charge >= 0.3 is 0 Å². The molecule has 3 N–H and O–H groups in total. The minimum absolute atomic E-state index is 0. The molecular formula is C14H19ClN4O. The molecule has 0 bridgehead atoms. The van der Waals surface area contributed by atoms with Crippen molar-refractivity contribution in [2.24, 2.45) is 5.73 Å².